The lowest BCUT2D eigenvalue weighted by Crippen LogP contribution is -2.17. The Morgan fingerprint density at radius 1 is 1.11 bits per heavy atom. The summed E-state index contributed by atoms with van der Waals surface area (Å²) in [5.41, 5.74) is 5.09. The molecule has 1 atom stereocenters. The minimum atomic E-state index is 0.224. The normalized spacial score (nSPS) is 12.7. The molecule has 0 saturated carbocycles. The van der Waals surface area contributed by atoms with Gasteiger partial charge < -0.3 is 5.32 Å². The maximum Gasteiger partial charge on any atom is 0.0961 e. The molecule has 2 aromatic rings. The first-order chi connectivity index (χ1) is 8.52. The van der Waals surface area contributed by atoms with Crippen molar-refractivity contribution in [2.45, 2.75) is 26.8 Å². The lowest BCUT2D eigenvalue weighted by Gasteiger charge is -2.18. The molecule has 0 fully saturated rings. The first-order valence-electron chi connectivity index (χ1n) is 6.03. The van der Waals surface area contributed by atoms with Gasteiger partial charge in [0.2, 0.25) is 0 Å². The topological polar surface area (TPSA) is 12.0 Å². The fraction of sp³-hybridized carbons (Fsp3) is 0.333. The van der Waals surface area contributed by atoms with Crippen molar-refractivity contribution in [2.75, 3.05) is 7.05 Å². The molecule has 1 aromatic carbocycles. The molecule has 1 N–H and O–H groups in total. The predicted octanol–water partition coefficient (Wildman–Crippen LogP) is 4.64. The fourth-order valence-electron chi connectivity index (χ4n) is 2.23. The van der Waals surface area contributed by atoms with Gasteiger partial charge in [0, 0.05) is 4.88 Å². The molecular formula is C15H18ClNS. The summed E-state index contributed by atoms with van der Waals surface area (Å²) < 4.78 is 0.884. The molecule has 1 heterocycles. The van der Waals surface area contributed by atoms with Crippen LogP contribution >= 0.6 is 22.9 Å². The molecule has 1 unspecified atom stereocenters. The Morgan fingerprint density at radius 3 is 2.33 bits per heavy atom. The van der Waals surface area contributed by atoms with E-state index in [1.54, 1.807) is 11.3 Å². The molecule has 3 heteroatoms. The molecule has 1 nitrogen and oxygen atoms in total. The Labute approximate surface area is 118 Å². The average molecular weight is 280 g/mol. The van der Waals surface area contributed by atoms with Crippen molar-refractivity contribution in [1.29, 1.82) is 0 Å². The van der Waals surface area contributed by atoms with Gasteiger partial charge in [-0.2, -0.15) is 0 Å². The SMILES string of the molecule is CNC(c1cc(C)c(Cl)s1)c1ccc(C)cc1C. The average Bonchev–Trinajstić information content (AvgIpc) is 2.63. The van der Waals surface area contributed by atoms with Crippen molar-refractivity contribution < 1.29 is 0 Å². The summed E-state index contributed by atoms with van der Waals surface area (Å²) in [5.74, 6) is 0. The molecule has 0 aliphatic carbocycles. The lowest BCUT2D eigenvalue weighted by molar-refractivity contribution is 0.699. The van der Waals surface area contributed by atoms with Gasteiger partial charge in [-0.25, -0.2) is 0 Å². The van der Waals surface area contributed by atoms with Crippen molar-refractivity contribution in [1.82, 2.24) is 5.32 Å². The van der Waals surface area contributed by atoms with E-state index in [2.05, 4.69) is 50.4 Å². The second-order valence-corrected chi connectivity index (χ2v) is 6.37. The van der Waals surface area contributed by atoms with Crippen LogP contribution in [0.2, 0.25) is 4.34 Å². The van der Waals surface area contributed by atoms with Crippen LogP contribution in [0.1, 0.15) is 33.2 Å². The molecule has 18 heavy (non-hydrogen) atoms. The number of hydrogen-bond acceptors (Lipinski definition) is 2. The van der Waals surface area contributed by atoms with Gasteiger partial charge in [0.15, 0.2) is 0 Å². The van der Waals surface area contributed by atoms with Crippen LogP contribution in [-0.4, -0.2) is 7.05 Å². The van der Waals surface area contributed by atoms with Gasteiger partial charge in [0.1, 0.15) is 0 Å². The molecule has 2 rings (SSSR count). The molecule has 96 valence electrons. The molecule has 0 amide bonds. The number of rotatable bonds is 3. The Balaban J connectivity index is 2.45. The summed E-state index contributed by atoms with van der Waals surface area (Å²) >= 11 is 7.83. The first kappa shape index (κ1) is 13.6. The van der Waals surface area contributed by atoms with Crippen LogP contribution in [0, 0.1) is 20.8 Å². The zero-order valence-electron chi connectivity index (χ0n) is 11.2. The zero-order valence-corrected chi connectivity index (χ0v) is 12.7. The van der Waals surface area contributed by atoms with E-state index in [0.29, 0.717) is 0 Å². The Kier molecular flexibility index (Phi) is 4.10. The molecule has 0 radical (unpaired) electrons. The van der Waals surface area contributed by atoms with Crippen LogP contribution < -0.4 is 5.32 Å². The highest BCUT2D eigenvalue weighted by atomic mass is 35.5. The molecule has 1 aromatic heterocycles. The summed E-state index contributed by atoms with van der Waals surface area (Å²) in [4.78, 5) is 1.27. The standard InChI is InChI=1S/C15H18ClNS/c1-9-5-6-12(10(2)7-9)14(17-4)13-8-11(3)15(16)18-13/h5-8,14,17H,1-4H3. The third-order valence-corrected chi connectivity index (χ3v) is 4.81. The fourth-order valence-corrected chi connectivity index (χ4v) is 3.57. The maximum absolute atomic E-state index is 6.17. The van der Waals surface area contributed by atoms with Crippen molar-refractivity contribution >= 4 is 22.9 Å². The molecule has 0 aliphatic rings. The summed E-state index contributed by atoms with van der Waals surface area (Å²) in [6.45, 7) is 6.34. The first-order valence-corrected chi connectivity index (χ1v) is 7.22. The van der Waals surface area contributed by atoms with Gasteiger partial charge in [0.05, 0.1) is 10.4 Å². The highest BCUT2D eigenvalue weighted by Crippen LogP contribution is 2.35. The van der Waals surface area contributed by atoms with Crippen molar-refractivity contribution in [3.05, 3.63) is 55.7 Å². The Morgan fingerprint density at radius 2 is 1.83 bits per heavy atom. The number of aryl methyl sites for hydroxylation is 3. The van der Waals surface area contributed by atoms with Crippen molar-refractivity contribution in [3.63, 3.8) is 0 Å². The number of halogens is 1. The van der Waals surface area contributed by atoms with Gasteiger partial charge in [-0.3, -0.25) is 0 Å². The lowest BCUT2D eigenvalue weighted by atomic mass is 9.98. The van der Waals surface area contributed by atoms with Crippen molar-refractivity contribution in [3.8, 4) is 0 Å². The smallest absolute Gasteiger partial charge is 0.0961 e. The number of thiophene rings is 1. The highest BCUT2D eigenvalue weighted by molar-refractivity contribution is 7.16. The van der Waals surface area contributed by atoms with Crippen LogP contribution in [0.3, 0.4) is 0 Å². The predicted molar refractivity (Wildman–Crippen MR) is 80.9 cm³/mol. The van der Waals surface area contributed by atoms with Crippen LogP contribution in [0.15, 0.2) is 24.3 Å². The second-order valence-electron chi connectivity index (χ2n) is 4.69. The molecule has 0 aliphatic heterocycles. The van der Waals surface area contributed by atoms with Crippen LogP contribution in [0.5, 0.6) is 0 Å². The highest BCUT2D eigenvalue weighted by Gasteiger charge is 2.17. The van der Waals surface area contributed by atoms with Crippen LogP contribution in [-0.2, 0) is 0 Å². The van der Waals surface area contributed by atoms with Gasteiger partial charge in [-0.15, -0.1) is 11.3 Å². The molecule has 0 spiro atoms. The van der Waals surface area contributed by atoms with Gasteiger partial charge in [0.25, 0.3) is 0 Å². The Hall–Kier alpha value is -0.830. The van der Waals surface area contributed by atoms with E-state index in [1.165, 1.54) is 21.6 Å². The molecular weight excluding hydrogens is 262 g/mol. The van der Waals surface area contributed by atoms with Gasteiger partial charge in [-0.05, 0) is 50.6 Å². The van der Waals surface area contributed by atoms with Crippen LogP contribution in [0.25, 0.3) is 0 Å². The third kappa shape index (κ3) is 2.61. The van der Waals surface area contributed by atoms with E-state index in [-0.39, 0.29) is 6.04 Å². The van der Waals surface area contributed by atoms with Gasteiger partial charge in [-0.1, -0.05) is 35.4 Å². The van der Waals surface area contributed by atoms with E-state index in [0.717, 1.165) is 9.90 Å². The summed E-state index contributed by atoms with van der Waals surface area (Å²) in [6, 6.07) is 8.99. The Bertz CT molecular complexity index is 540. The number of nitrogens with one attached hydrogen (secondary N) is 1. The van der Waals surface area contributed by atoms with Crippen LogP contribution in [0.4, 0.5) is 0 Å². The third-order valence-electron chi connectivity index (χ3n) is 3.19. The largest absolute Gasteiger partial charge is 0.309 e. The summed E-state index contributed by atoms with van der Waals surface area (Å²) in [6.07, 6.45) is 0. The van der Waals surface area contributed by atoms with E-state index in [4.69, 9.17) is 11.6 Å². The minimum absolute atomic E-state index is 0.224. The van der Waals surface area contributed by atoms with Crippen molar-refractivity contribution in [2.24, 2.45) is 0 Å². The maximum atomic E-state index is 6.17. The number of hydrogen-bond donors (Lipinski definition) is 1. The minimum Gasteiger partial charge on any atom is -0.309 e. The zero-order chi connectivity index (χ0) is 13.3. The molecule has 0 saturated heterocycles. The molecule has 0 bridgehead atoms. The van der Waals surface area contributed by atoms with E-state index < -0.39 is 0 Å². The number of benzene rings is 1. The van der Waals surface area contributed by atoms with E-state index in [1.807, 2.05) is 7.05 Å². The van der Waals surface area contributed by atoms with E-state index >= 15 is 0 Å². The quantitative estimate of drug-likeness (QED) is 0.863. The summed E-state index contributed by atoms with van der Waals surface area (Å²) in [5, 5.41) is 3.39. The second kappa shape index (κ2) is 5.43. The summed E-state index contributed by atoms with van der Waals surface area (Å²) in [7, 11) is 1.99. The monoisotopic (exact) mass is 279 g/mol. The van der Waals surface area contributed by atoms with Gasteiger partial charge >= 0.3 is 0 Å². The van der Waals surface area contributed by atoms with E-state index in [9.17, 15) is 0 Å².